The molecule has 1 N–H and O–H groups in total. The van der Waals surface area contributed by atoms with Crippen molar-refractivity contribution in [2.45, 2.75) is 45.0 Å². The number of carbonyl (C=O) groups is 1. The van der Waals surface area contributed by atoms with Gasteiger partial charge in [-0.3, -0.25) is 4.79 Å². The van der Waals surface area contributed by atoms with E-state index in [9.17, 15) is 4.79 Å². The first-order valence-electron chi connectivity index (χ1n) is 6.63. The van der Waals surface area contributed by atoms with Crippen molar-refractivity contribution in [3.05, 3.63) is 0 Å². The molecule has 3 fully saturated rings. The van der Waals surface area contributed by atoms with Gasteiger partial charge in [0.2, 0.25) is 5.91 Å². The minimum absolute atomic E-state index is 0.00453. The van der Waals surface area contributed by atoms with E-state index in [1.54, 1.807) is 0 Å². The molecule has 0 aromatic heterocycles. The summed E-state index contributed by atoms with van der Waals surface area (Å²) in [5.41, 5.74) is 0. The van der Waals surface area contributed by atoms with Gasteiger partial charge in [-0.1, -0.05) is 0 Å². The Balaban J connectivity index is 1.41. The van der Waals surface area contributed by atoms with E-state index in [0.717, 1.165) is 24.7 Å². The van der Waals surface area contributed by atoms with Crippen LogP contribution in [0.2, 0.25) is 0 Å². The van der Waals surface area contributed by atoms with Crippen molar-refractivity contribution in [1.82, 2.24) is 5.32 Å². The first kappa shape index (κ1) is 11.5. The van der Waals surface area contributed by atoms with E-state index < -0.39 is 5.79 Å². The third-order valence-electron chi connectivity index (χ3n) is 4.19. The lowest BCUT2D eigenvalue weighted by Crippen LogP contribution is -2.37. The fourth-order valence-corrected chi connectivity index (χ4v) is 3.15. The highest BCUT2D eigenvalue weighted by Crippen LogP contribution is 2.54. The standard InChI is InChI=1S/C13H21NO3/c1-13(2)16-7-11(17-13)6-14-12(15)10-4-8-3-9(8)5-10/h8-11H,3-7H2,1-2H3,(H,14,15). The molecule has 4 heteroatoms. The van der Waals surface area contributed by atoms with Crippen LogP contribution in [0.3, 0.4) is 0 Å². The summed E-state index contributed by atoms with van der Waals surface area (Å²) in [6.45, 7) is 4.95. The molecule has 1 heterocycles. The van der Waals surface area contributed by atoms with Crippen LogP contribution in [0.5, 0.6) is 0 Å². The zero-order valence-electron chi connectivity index (χ0n) is 10.6. The number of rotatable bonds is 3. The van der Waals surface area contributed by atoms with Crippen molar-refractivity contribution < 1.29 is 14.3 Å². The van der Waals surface area contributed by atoms with Crippen molar-refractivity contribution in [3.8, 4) is 0 Å². The van der Waals surface area contributed by atoms with E-state index in [2.05, 4.69) is 5.32 Å². The predicted molar refractivity (Wildman–Crippen MR) is 62.2 cm³/mol. The van der Waals surface area contributed by atoms with E-state index >= 15 is 0 Å². The minimum atomic E-state index is -0.496. The fourth-order valence-electron chi connectivity index (χ4n) is 3.15. The third-order valence-corrected chi connectivity index (χ3v) is 4.19. The Labute approximate surface area is 102 Å². The molecule has 17 heavy (non-hydrogen) atoms. The van der Waals surface area contributed by atoms with Crippen molar-refractivity contribution in [2.24, 2.45) is 17.8 Å². The smallest absolute Gasteiger partial charge is 0.223 e. The van der Waals surface area contributed by atoms with Crippen LogP contribution < -0.4 is 5.32 Å². The highest BCUT2D eigenvalue weighted by Gasteiger charge is 2.48. The van der Waals surface area contributed by atoms with E-state index in [1.165, 1.54) is 6.42 Å². The molecule has 3 aliphatic rings. The van der Waals surface area contributed by atoms with E-state index in [4.69, 9.17) is 9.47 Å². The molecule has 3 atom stereocenters. The Bertz CT molecular complexity index is 319. The SMILES string of the molecule is CC1(C)OCC(CNC(=O)C2CC3CC3C2)O1. The van der Waals surface area contributed by atoms with Crippen LogP contribution in [0.1, 0.15) is 33.1 Å². The van der Waals surface area contributed by atoms with Crippen LogP contribution in [0, 0.1) is 17.8 Å². The Morgan fingerprint density at radius 3 is 2.59 bits per heavy atom. The van der Waals surface area contributed by atoms with E-state index in [0.29, 0.717) is 13.2 Å². The van der Waals surface area contributed by atoms with Gasteiger partial charge in [-0.2, -0.15) is 0 Å². The molecule has 96 valence electrons. The monoisotopic (exact) mass is 239 g/mol. The summed E-state index contributed by atoms with van der Waals surface area (Å²) in [5.74, 6) is 1.69. The molecular weight excluding hydrogens is 218 g/mol. The van der Waals surface area contributed by atoms with Gasteiger partial charge in [0.25, 0.3) is 0 Å². The number of ether oxygens (including phenoxy) is 2. The lowest BCUT2D eigenvalue weighted by Gasteiger charge is -2.18. The van der Waals surface area contributed by atoms with Gasteiger partial charge in [-0.05, 0) is 44.9 Å². The van der Waals surface area contributed by atoms with Gasteiger partial charge >= 0.3 is 0 Å². The molecule has 0 spiro atoms. The van der Waals surface area contributed by atoms with Crippen LogP contribution in [-0.4, -0.2) is 30.9 Å². The maximum Gasteiger partial charge on any atom is 0.223 e. The van der Waals surface area contributed by atoms with E-state index in [1.807, 2.05) is 13.8 Å². The average Bonchev–Trinajstić information content (AvgIpc) is 2.71. The summed E-state index contributed by atoms with van der Waals surface area (Å²) in [7, 11) is 0. The molecule has 1 aliphatic heterocycles. The zero-order valence-corrected chi connectivity index (χ0v) is 10.6. The predicted octanol–water partition coefficient (Wildman–Crippen LogP) is 1.30. The lowest BCUT2D eigenvalue weighted by molar-refractivity contribution is -0.140. The van der Waals surface area contributed by atoms with Gasteiger partial charge < -0.3 is 14.8 Å². The summed E-state index contributed by atoms with van der Waals surface area (Å²) in [6, 6.07) is 0. The van der Waals surface area contributed by atoms with Crippen LogP contribution in [0.25, 0.3) is 0 Å². The van der Waals surface area contributed by atoms with Gasteiger partial charge in [0, 0.05) is 12.5 Å². The van der Waals surface area contributed by atoms with Crippen molar-refractivity contribution >= 4 is 5.91 Å². The van der Waals surface area contributed by atoms with Crippen molar-refractivity contribution in [2.75, 3.05) is 13.2 Å². The molecule has 1 amide bonds. The fraction of sp³-hybridized carbons (Fsp3) is 0.923. The van der Waals surface area contributed by atoms with Crippen molar-refractivity contribution in [1.29, 1.82) is 0 Å². The van der Waals surface area contributed by atoms with Gasteiger partial charge in [0.1, 0.15) is 6.10 Å². The molecular formula is C13H21NO3. The quantitative estimate of drug-likeness (QED) is 0.807. The van der Waals surface area contributed by atoms with Gasteiger partial charge in [0.15, 0.2) is 5.79 Å². The Morgan fingerprint density at radius 1 is 1.29 bits per heavy atom. The highest BCUT2D eigenvalue weighted by atomic mass is 16.7. The molecule has 2 aliphatic carbocycles. The first-order valence-corrected chi connectivity index (χ1v) is 6.63. The number of hydrogen-bond acceptors (Lipinski definition) is 3. The number of fused-ring (bicyclic) bond motifs is 1. The first-order chi connectivity index (χ1) is 8.03. The highest BCUT2D eigenvalue weighted by molar-refractivity contribution is 5.79. The second kappa shape index (κ2) is 3.95. The summed E-state index contributed by atoms with van der Waals surface area (Å²) in [4.78, 5) is 11.9. The normalized spacial score (nSPS) is 42.2. The van der Waals surface area contributed by atoms with E-state index in [-0.39, 0.29) is 17.9 Å². The largest absolute Gasteiger partial charge is 0.353 e. The second-order valence-corrected chi connectivity index (χ2v) is 6.12. The third kappa shape index (κ3) is 2.47. The van der Waals surface area contributed by atoms with Gasteiger partial charge in [-0.15, -0.1) is 0 Å². The number of carbonyl (C=O) groups excluding carboxylic acids is 1. The zero-order chi connectivity index (χ0) is 12.0. The molecule has 3 rings (SSSR count). The van der Waals surface area contributed by atoms with Crippen LogP contribution in [-0.2, 0) is 14.3 Å². The maximum absolute atomic E-state index is 11.9. The van der Waals surface area contributed by atoms with Crippen LogP contribution >= 0.6 is 0 Å². The number of hydrogen-bond donors (Lipinski definition) is 1. The van der Waals surface area contributed by atoms with Crippen LogP contribution in [0.15, 0.2) is 0 Å². The molecule has 1 saturated heterocycles. The average molecular weight is 239 g/mol. The lowest BCUT2D eigenvalue weighted by atomic mass is 10.0. The van der Waals surface area contributed by atoms with Gasteiger partial charge in [-0.25, -0.2) is 0 Å². The number of nitrogens with one attached hydrogen (secondary N) is 1. The maximum atomic E-state index is 11.9. The van der Waals surface area contributed by atoms with Crippen LogP contribution in [0.4, 0.5) is 0 Å². The molecule has 0 bridgehead atoms. The molecule has 0 radical (unpaired) electrons. The molecule has 0 aromatic carbocycles. The molecule has 3 unspecified atom stereocenters. The second-order valence-electron chi connectivity index (χ2n) is 6.12. The molecule has 0 aromatic rings. The Kier molecular flexibility index (Phi) is 2.67. The molecule has 4 nitrogen and oxygen atoms in total. The minimum Gasteiger partial charge on any atom is -0.353 e. The Hall–Kier alpha value is -0.610. The van der Waals surface area contributed by atoms with Gasteiger partial charge in [0.05, 0.1) is 6.61 Å². The summed E-state index contributed by atoms with van der Waals surface area (Å²) in [5, 5.41) is 3.00. The topological polar surface area (TPSA) is 47.6 Å². The Morgan fingerprint density at radius 2 is 2.00 bits per heavy atom. The number of amides is 1. The molecule has 2 saturated carbocycles. The summed E-state index contributed by atoms with van der Waals surface area (Å²) in [6.07, 6.45) is 3.57. The summed E-state index contributed by atoms with van der Waals surface area (Å²) < 4.78 is 11.1. The summed E-state index contributed by atoms with van der Waals surface area (Å²) >= 11 is 0. The van der Waals surface area contributed by atoms with Crippen molar-refractivity contribution in [3.63, 3.8) is 0 Å².